The standard InChI is InChI=1S/C22H19N3O/c1-15-11-16(2)13-17(12-15)22(26)24-19-8-4-3-7-18(19)20-14-25-10-6-5-9-21(25)23-20/h3-14H,1-2H3,(H,24,26). The van der Waals surface area contributed by atoms with Gasteiger partial charge in [0.05, 0.1) is 11.4 Å². The molecule has 1 amide bonds. The van der Waals surface area contributed by atoms with E-state index in [1.807, 2.05) is 85.2 Å². The van der Waals surface area contributed by atoms with Crippen LogP contribution in [0, 0.1) is 13.8 Å². The van der Waals surface area contributed by atoms with Gasteiger partial charge in [-0.1, -0.05) is 41.5 Å². The largest absolute Gasteiger partial charge is 0.321 e. The van der Waals surface area contributed by atoms with Gasteiger partial charge in [0.2, 0.25) is 0 Å². The maximum absolute atomic E-state index is 12.7. The molecule has 0 unspecified atom stereocenters. The molecule has 0 saturated heterocycles. The van der Waals surface area contributed by atoms with Crippen molar-refractivity contribution < 1.29 is 4.79 Å². The van der Waals surface area contributed by atoms with Crippen molar-refractivity contribution in [2.45, 2.75) is 13.8 Å². The summed E-state index contributed by atoms with van der Waals surface area (Å²) in [7, 11) is 0. The fourth-order valence-electron chi connectivity index (χ4n) is 3.18. The number of aryl methyl sites for hydroxylation is 2. The van der Waals surface area contributed by atoms with Gasteiger partial charge in [-0.05, 0) is 44.2 Å². The van der Waals surface area contributed by atoms with Crippen LogP contribution in [0.4, 0.5) is 5.69 Å². The third-order valence-electron chi connectivity index (χ3n) is 4.30. The molecule has 0 aliphatic carbocycles. The van der Waals surface area contributed by atoms with Crippen LogP contribution in [0.1, 0.15) is 21.5 Å². The maximum Gasteiger partial charge on any atom is 0.255 e. The zero-order chi connectivity index (χ0) is 18.1. The third-order valence-corrected chi connectivity index (χ3v) is 4.30. The Labute approximate surface area is 152 Å². The molecule has 4 aromatic rings. The molecule has 1 N–H and O–H groups in total. The maximum atomic E-state index is 12.7. The van der Waals surface area contributed by atoms with Crippen molar-refractivity contribution in [1.82, 2.24) is 9.38 Å². The van der Waals surface area contributed by atoms with Crippen molar-refractivity contribution in [3.05, 3.63) is 89.7 Å². The van der Waals surface area contributed by atoms with E-state index < -0.39 is 0 Å². The van der Waals surface area contributed by atoms with Crippen LogP contribution in [-0.4, -0.2) is 15.3 Å². The number of fused-ring (bicyclic) bond motifs is 1. The van der Waals surface area contributed by atoms with E-state index in [0.29, 0.717) is 5.56 Å². The molecule has 2 aromatic carbocycles. The van der Waals surface area contributed by atoms with Gasteiger partial charge in [0.25, 0.3) is 5.91 Å². The molecule has 26 heavy (non-hydrogen) atoms. The topological polar surface area (TPSA) is 46.4 Å². The van der Waals surface area contributed by atoms with E-state index >= 15 is 0 Å². The lowest BCUT2D eigenvalue weighted by molar-refractivity contribution is 0.102. The minimum Gasteiger partial charge on any atom is -0.321 e. The highest BCUT2D eigenvalue weighted by Crippen LogP contribution is 2.28. The van der Waals surface area contributed by atoms with Gasteiger partial charge in [-0.25, -0.2) is 4.98 Å². The predicted octanol–water partition coefficient (Wildman–Crippen LogP) is 4.87. The number of benzene rings is 2. The number of carbonyl (C=O) groups is 1. The van der Waals surface area contributed by atoms with E-state index in [-0.39, 0.29) is 5.91 Å². The number of aromatic nitrogens is 2. The summed E-state index contributed by atoms with van der Waals surface area (Å²) in [6.07, 6.45) is 3.93. The Bertz CT molecular complexity index is 1060. The number of anilines is 1. The highest BCUT2D eigenvalue weighted by Gasteiger charge is 2.13. The molecule has 0 bridgehead atoms. The molecule has 0 radical (unpaired) electrons. The van der Waals surface area contributed by atoms with Gasteiger partial charge < -0.3 is 9.72 Å². The summed E-state index contributed by atoms with van der Waals surface area (Å²) >= 11 is 0. The van der Waals surface area contributed by atoms with Gasteiger partial charge in [-0.2, -0.15) is 0 Å². The molecule has 0 saturated carbocycles. The van der Waals surface area contributed by atoms with E-state index in [1.165, 1.54) is 0 Å². The third kappa shape index (κ3) is 3.09. The number of imidazole rings is 1. The average molecular weight is 341 g/mol. The molecule has 4 rings (SSSR count). The SMILES string of the molecule is Cc1cc(C)cc(C(=O)Nc2ccccc2-c2cn3ccccc3n2)c1. The minimum atomic E-state index is -0.118. The smallest absolute Gasteiger partial charge is 0.255 e. The summed E-state index contributed by atoms with van der Waals surface area (Å²) < 4.78 is 1.97. The number of hydrogen-bond acceptors (Lipinski definition) is 2. The van der Waals surface area contributed by atoms with Crippen LogP contribution in [0.2, 0.25) is 0 Å². The van der Waals surface area contributed by atoms with E-state index in [1.54, 1.807) is 0 Å². The van der Waals surface area contributed by atoms with E-state index in [4.69, 9.17) is 0 Å². The number of nitrogens with one attached hydrogen (secondary N) is 1. The fraction of sp³-hybridized carbons (Fsp3) is 0.0909. The molecule has 2 aromatic heterocycles. The summed E-state index contributed by atoms with van der Waals surface area (Å²) in [4.78, 5) is 17.4. The van der Waals surface area contributed by atoms with Gasteiger partial charge in [0, 0.05) is 23.5 Å². The van der Waals surface area contributed by atoms with Gasteiger partial charge in [-0.15, -0.1) is 0 Å². The second-order valence-electron chi connectivity index (χ2n) is 6.47. The molecular formula is C22H19N3O. The summed E-state index contributed by atoms with van der Waals surface area (Å²) in [5.41, 5.74) is 6.15. The molecular weight excluding hydrogens is 322 g/mol. The molecule has 2 heterocycles. The zero-order valence-electron chi connectivity index (χ0n) is 14.7. The van der Waals surface area contributed by atoms with Crippen LogP contribution >= 0.6 is 0 Å². The molecule has 0 aliphatic heterocycles. The summed E-state index contributed by atoms with van der Waals surface area (Å²) in [5.74, 6) is -0.118. The van der Waals surface area contributed by atoms with Gasteiger partial charge in [0.1, 0.15) is 5.65 Å². The molecule has 0 spiro atoms. The molecule has 4 nitrogen and oxygen atoms in total. The second kappa shape index (κ2) is 6.48. The molecule has 0 aliphatic rings. The number of hydrogen-bond donors (Lipinski definition) is 1. The molecule has 128 valence electrons. The first-order valence-electron chi connectivity index (χ1n) is 8.53. The van der Waals surface area contributed by atoms with Crippen LogP contribution in [0.5, 0.6) is 0 Å². The molecule has 4 heteroatoms. The minimum absolute atomic E-state index is 0.118. The Balaban J connectivity index is 1.70. The van der Waals surface area contributed by atoms with Gasteiger partial charge in [-0.3, -0.25) is 4.79 Å². The van der Waals surface area contributed by atoms with Crippen molar-refractivity contribution in [1.29, 1.82) is 0 Å². The van der Waals surface area contributed by atoms with Gasteiger partial charge in [0.15, 0.2) is 0 Å². The Morgan fingerprint density at radius 2 is 1.69 bits per heavy atom. The van der Waals surface area contributed by atoms with Crippen LogP contribution in [0.25, 0.3) is 16.9 Å². The fourth-order valence-corrected chi connectivity index (χ4v) is 3.18. The molecule has 0 atom stereocenters. The monoisotopic (exact) mass is 341 g/mol. The van der Waals surface area contributed by atoms with E-state index in [2.05, 4.69) is 16.4 Å². The lowest BCUT2D eigenvalue weighted by Gasteiger charge is -2.10. The van der Waals surface area contributed by atoms with E-state index in [0.717, 1.165) is 33.7 Å². The Morgan fingerprint density at radius 3 is 2.46 bits per heavy atom. The van der Waals surface area contributed by atoms with Crippen LogP contribution in [0.15, 0.2) is 73.1 Å². The lowest BCUT2D eigenvalue weighted by atomic mass is 10.1. The number of amides is 1. The van der Waals surface area contributed by atoms with Crippen LogP contribution < -0.4 is 5.32 Å². The second-order valence-corrected chi connectivity index (χ2v) is 6.47. The first-order valence-corrected chi connectivity index (χ1v) is 8.53. The van der Waals surface area contributed by atoms with Crippen molar-refractivity contribution in [2.75, 3.05) is 5.32 Å². The average Bonchev–Trinajstić information content (AvgIpc) is 3.05. The first-order chi connectivity index (χ1) is 12.6. The number of pyridine rings is 1. The number of carbonyl (C=O) groups excluding carboxylic acids is 1. The van der Waals surface area contributed by atoms with Crippen LogP contribution in [0.3, 0.4) is 0 Å². The van der Waals surface area contributed by atoms with Gasteiger partial charge >= 0.3 is 0 Å². The lowest BCUT2D eigenvalue weighted by Crippen LogP contribution is -2.13. The highest BCUT2D eigenvalue weighted by atomic mass is 16.1. The Hall–Kier alpha value is -3.40. The highest BCUT2D eigenvalue weighted by molar-refractivity contribution is 6.06. The summed E-state index contributed by atoms with van der Waals surface area (Å²) in [6.45, 7) is 3.99. The Kier molecular flexibility index (Phi) is 4.01. The van der Waals surface area contributed by atoms with Crippen molar-refractivity contribution >= 4 is 17.2 Å². The summed E-state index contributed by atoms with van der Waals surface area (Å²) in [5, 5.41) is 3.04. The van der Waals surface area contributed by atoms with Crippen LogP contribution in [-0.2, 0) is 0 Å². The predicted molar refractivity (Wildman–Crippen MR) is 104 cm³/mol. The summed E-state index contributed by atoms with van der Waals surface area (Å²) in [6, 6.07) is 19.5. The van der Waals surface area contributed by atoms with Crippen molar-refractivity contribution in [2.24, 2.45) is 0 Å². The first kappa shape index (κ1) is 16.1. The van der Waals surface area contributed by atoms with E-state index in [9.17, 15) is 4.79 Å². The number of rotatable bonds is 3. The quantitative estimate of drug-likeness (QED) is 0.578. The number of nitrogens with zero attached hydrogens (tertiary/aromatic N) is 2. The van der Waals surface area contributed by atoms with Crippen molar-refractivity contribution in [3.63, 3.8) is 0 Å². The number of para-hydroxylation sites is 1. The Morgan fingerprint density at radius 1 is 0.962 bits per heavy atom. The normalized spacial score (nSPS) is 10.8. The zero-order valence-corrected chi connectivity index (χ0v) is 14.7. The molecule has 0 fully saturated rings. The van der Waals surface area contributed by atoms with Crippen molar-refractivity contribution in [3.8, 4) is 11.3 Å².